The largest absolute Gasteiger partial charge is 2.00 e. The first kappa shape index (κ1) is 23.8. The van der Waals surface area contributed by atoms with Crippen LogP contribution in [-0.2, 0) is 4.57 Å². The Bertz CT molecular complexity index is 111. The molecule has 0 heterocycles. The Morgan fingerprint density at radius 3 is 1.00 bits per heavy atom. The van der Waals surface area contributed by atoms with Crippen LogP contribution in [-0.4, -0.2) is 84.5 Å². The van der Waals surface area contributed by atoms with E-state index in [1.54, 1.807) is 0 Å². The molecule has 0 bridgehead atoms. The van der Waals surface area contributed by atoms with E-state index in [0.717, 1.165) is 0 Å². The fourth-order valence-corrected chi connectivity index (χ4v) is 0. The van der Waals surface area contributed by atoms with E-state index >= 15 is 0 Å². The molecule has 0 aromatic carbocycles. The Morgan fingerprint density at radius 2 is 1.00 bits per heavy atom. The van der Waals surface area contributed by atoms with Gasteiger partial charge in [-0.2, -0.15) is 0 Å². The Morgan fingerprint density at radius 1 is 1.00 bits per heavy atom. The van der Waals surface area contributed by atoms with E-state index in [9.17, 15) is 0 Å². The molecule has 0 aliphatic rings. The third kappa shape index (κ3) is 318. The average Bonchev–Trinajstić information content (AvgIpc) is 1.12. The second-order valence-electron chi connectivity index (χ2n) is 1.01. The molecule has 0 fully saturated rings. The summed E-state index contributed by atoms with van der Waals surface area (Å²) < 4.78 is 8.88. The van der Waals surface area contributed by atoms with Gasteiger partial charge in [0.25, 0.3) is 0 Å². The minimum atomic E-state index is -5.61. The molecule has 0 aliphatic carbocycles. The third-order valence-electron chi connectivity index (χ3n) is 0. The van der Waals surface area contributed by atoms with Crippen LogP contribution in [0.4, 0.5) is 0 Å². The molecule has 12 heavy (non-hydrogen) atoms. The van der Waals surface area contributed by atoms with Gasteiger partial charge in [-0.1, -0.05) is 0 Å². The van der Waals surface area contributed by atoms with E-state index in [1.165, 1.54) is 0 Å². The smallest absolute Gasteiger partial charge is 0.894 e. The standard InChI is InChI=1S/Ca.Mg.H3O4P.O4Si/c;;2*1-5(2,3)4/h;;(H3,1,2,3,4);/q2*+2;;-4. The van der Waals surface area contributed by atoms with Crippen molar-refractivity contribution in [2.45, 2.75) is 0 Å². The van der Waals surface area contributed by atoms with Gasteiger partial charge < -0.3 is 42.9 Å². The number of hydrogen-bond donors (Lipinski definition) is 3. The van der Waals surface area contributed by atoms with Crippen LogP contribution in [0.25, 0.3) is 0 Å². The van der Waals surface area contributed by atoms with Crippen LogP contribution in [0.2, 0.25) is 0 Å². The van der Waals surface area contributed by atoms with E-state index < -0.39 is 16.9 Å². The molecule has 0 aromatic rings. The number of hydrogen-bond acceptors (Lipinski definition) is 5. The number of rotatable bonds is 0. The van der Waals surface area contributed by atoms with Gasteiger partial charge in [-0.3, -0.25) is 0 Å². The predicted octanol–water partition coefficient (Wildman–Crippen LogP) is -6.83. The van der Waals surface area contributed by atoms with Gasteiger partial charge in [-0.25, -0.2) is 4.57 Å². The molecular formula is H3CaMgO8PSi. The van der Waals surface area contributed by atoms with Crippen LogP contribution in [0.1, 0.15) is 0 Å². The maximum atomic E-state index is 8.88. The Labute approximate surface area is 115 Å². The summed E-state index contributed by atoms with van der Waals surface area (Å²) in [5.74, 6) is 0. The maximum Gasteiger partial charge on any atom is 2.00 e. The first-order valence-corrected chi connectivity index (χ1v) is 4.80. The van der Waals surface area contributed by atoms with Gasteiger partial charge >= 0.3 is 68.6 Å². The van der Waals surface area contributed by atoms with Crippen molar-refractivity contribution in [3.8, 4) is 0 Å². The number of phosphoric acid groups is 1. The van der Waals surface area contributed by atoms with Crippen LogP contribution < -0.4 is 19.2 Å². The summed E-state index contributed by atoms with van der Waals surface area (Å²) >= 11 is 0. The zero-order chi connectivity index (χ0) is 9.00. The summed E-state index contributed by atoms with van der Waals surface area (Å²) in [7, 11) is -10.2. The predicted molar refractivity (Wildman–Crippen MR) is 31.5 cm³/mol. The fraction of sp³-hybridized carbons (Fsp3) is 0. The second kappa shape index (κ2) is 9.74. The van der Waals surface area contributed by atoms with Gasteiger partial charge in [0, 0.05) is 0 Å². The van der Waals surface area contributed by atoms with Gasteiger partial charge in [0.2, 0.25) is 0 Å². The van der Waals surface area contributed by atoms with Crippen LogP contribution in [0.5, 0.6) is 0 Å². The van der Waals surface area contributed by atoms with Crippen molar-refractivity contribution in [2.75, 3.05) is 0 Å². The zero-order valence-electron chi connectivity index (χ0n) is 5.74. The topological polar surface area (TPSA) is 170 Å². The van der Waals surface area contributed by atoms with Crippen molar-refractivity contribution in [1.29, 1.82) is 0 Å². The van der Waals surface area contributed by atoms with Gasteiger partial charge in [0.15, 0.2) is 0 Å². The maximum absolute atomic E-state index is 8.88. The molecule has 0 unspecified atom stereocenters. The van der Waals surface area contributed by atoms with Crippen LogP contribution in [0, 0.1) is 0 Å². The second-order valence-corrected chi connectivity index (χ2v) is 3.04. The third-order valence-corrected chi connectivity index (χ3v) is 0. The first-order valence-electron chi connectivity index (χ1n) is 1.60. The quantitative estimate of drug-likeness (QED) is 0.283. The molecule has 0 saturated carbocycles. The fourth-order valence-electron chi connectivity index (χ4n) is 0. The van der Waals surface area contributed by atoms with E-state index in [4.69, 9.17) is 38.4 Å². The van der Waals surface area contributed by atoms with Crippen molar-refractivity contribution < 1.29 is 38.4 Å². The minimum Gasteiger partial charge on any atom is -0.894 e. The zero-order valence-corrected chi connectivity index (χ0v) is 11.3. The van der Waals surface area contributed by atoms with Crippen molar-refractivity contribution in [1.82, 2.24) is 0 Å². The summed E-state index contributed by atoms with van der Waals surface area (Å²) in [6, 6.07) is 0. The molecule has 12 heteroatoms. The van der Waals surface area contributed by atoms with Crippen molar-refractivity contribution in [2.24, 2.45) is 0 Å². The molecule has 64 valence electrons. The normalized spacial score (nSPS) is 9.92. The van der Waals surface area contributed by atoms with E-state index in [1.807, 2.05) is 0 Å². The van der Waals surface area contributed by atoms with Gasteiger partial charge in [-0.05, 0) is 0 Å². The molecule has 0 aliphatic heterocycles. The summed E-state index contributed by atoms with van der Waals surface area (Å²) in [4.78, 5) is 55.9. The molecule has 3 N–H and O–H groups in total. The van der Waals surface area contributed by atoms with E-state index in [-0.39, 0.29) is 60.8 Å². The molecule has 0 amide bonds. The Kier molecular flexibility index (Phi) is 19.3. The molecule has 0 aromatic heterocycles. The van der Waals surface area contributed by atoms with Gasteiger partial charge in [0.05, 0.1) is 0 Å². The van der Waals surface area contributed by atoms with Gasteiger partial charge in [0.1, 0.15) is 0 Å². The van der Waals surface area contributed by atoms with Crippen molar-refractivity contribution >= 4 is 77.7 Å². The molecular weight excluding hydrogens is 251 g/mol. The summed E-state index contributed by atoms with van der Waals surface area (Å²) in [5.41, 5.74) is 0. The summed E-state index contributed by atoms with van der Waals surface area (Å²) in [6.07, 6.45) is 0. The first-order chi connectivity index (χ1) is 4.00. The average molecular weight is 254 g/mol. The molecule has 0 rings (SSSR count). The van der Waals surface area contributed by atoms with E-state index in [0.29, 0.717) is 0 Å². The molecule has 0 spiro atoms. The van der Waals surface area contributed by atoms with Crippen molar-refractivity contribution in [3.05, 3.63) is 0 Å². The van der Waals surface area contributed by atoms with Crippen LogP contribution in [0.15, 0.2) is 0 Å². The SMILES string of the molecule is O=P(O)(O)O.[Ca+2].[Mg+2].[O-][Si]([O-])([O-])[O-]. The van der Waals surface area contributed by atoms with Crippen LogP contribution >= 0.6 is 7.82 Å². The van der Waals surface area contributed by atoms with Crippen LogP contribution in [0.3, 0.4) is 0 Å². The Hall–Kier alpha value is 2.19. The Balaban J connectivity index is -0.0000000457. The monoisotopic (exact) mass is 254 g/mol. The summed E-state index contributed by atoms with van der Waals surface area (Å²) in [5, 5.41) is 0. The van der Waals surface area contributed by atoms with Crippen molar-refractivity contribution in [3.63, 3.8) is 0 Å². The molecule has 0 atom stereocenters. The molecule has 8 nitrogen and oxygen atoms in total. The van der Waals surface area contributed by atoms with Gasteiger partial charge in [-0.15, -0.1) is 0 Å². The molecule has 0 radical (unpaired) electrons. The van der Waals surface area contributed by atoms with E-state index in [2.05, 4.69) is 0 Å². The minimum absolute atomic E-state index is 0. The summed E-state index contributed by atoms with van der Waals surface area (Å²) in [6.45, 7) is 0. The molecule has 0 saturated heterocycles.